The van der Waals surface area contributed by atoms with E-state index >= 15 is 0 Å². The maximum absolute atomic E-state index is 5.96. The van der Waals surface area contributed by atoms with Crippen molar-refractivity contribution >= 4 is 39.3 Å². The van der Waals surface area contributed by atoms with Crippen molar-refractivity contribution in [3.8, 4) is 0 Å². The lowest BCUT2D eigenvalue weighted by Gasteiger charge is -2.00. The van der Waals surface area contributed by atoms with Crippen molar-refractivity contribution in [2.24, 2.45) is 0 Å². The Morgan fingerprint density at radius 3 is 2.87 bits per heavy atom. The number of imidazole rings is 1. The Morgan fingerprint density at radius 1 is 0.957 bits per heavy atom. The van der Waals surface area contributed by atoms with Gasteiger partial charge in [0.15, 0.2) is 15.8 Å². The second-order valence-electron chi connectivity index (χ2n) is 5.09. The average Bonchev–Trinajstić information content (AvgIpc) is 3.17. The minimum Gasteiger partial charge on any atom is -0.451 e. The summed E-state index contributed by atoms with van der Waals surface area (Å²) in [5, 5.41) is 2.61. The van der Waals surface area contributed by atoms with Gasteiger partial charge in [-0.3, -0.25) is 4.40 Å². The third kappa shape index (κ3) is 1.92. The maximum atomic E-state index is 5.96. The summed E-state index contributed by atoms with van der Waals surface area (Å²) in [7, 11) is 0. The number of hydrogen-bond acceptors (Lipinski definition) is 5. The van der Waals surface area contributed by atoms with Gasteiger partial charge in [0.1, 0.15) is 17.4 Å². The molecule has 0 saturated carbocycles. The highest BCUT2D eigenvalue weighted by atomic mass is 32.2. The van der Waals surface area contributed by atoms with E-state index in [0.29, 0.717) is 5.58 Å². The van der Waals surface area contributed by atoms with E-state index in [-0.39, 0.29) is 0 Å². The maximum Gasteiger partial charge on any atom is 0.186 e. The first-order valence-corrected chi connectivity index (χ1v) is 7.94. The van der Waals surface area contributed by atoms with Crippen molar-refractivity contribution in [3.05, 3.63) is 61.2 Å². The van der Waals surface area contributed by atoms with Gasteiger partial charge in [-0.2, -0.15) is 0 Å². The molecule has 6 heteroatoms. The van der Waals surface area contributed by atoms with Gasteiger partial charge in [0.2, 0.25) is 0 Å². The number of aromatic nitrogens is 4. The fraction of sp³-hybridized carbons (Fsp3) is 0. The largest absolute Gasteiger partial charge is 0.451 e. The van der Waals surface area contributed by atoms with Crippen LogP contribution in [-0.4, -0.2) is 19.4 Å². The highest BCUT2D eigenvalue weighted by Gasteiger charge is 2.15. The Hall–Kier alpha value is -2.86. The van der Waals surface area contributed by atoms with E-state index in [1.807, 2.05) is 59.3 Å². The molecule has 5 nitrogen and oxygen atoms in total. The molecule has 5 aromatic rings. The molecule has 0 N–H and O–H groups in total. The number of benzene rings is 1. The molecule has 4 aromatic heterocycles. The molecule has 0 aliphatic heterocycles. The number of pyridine rings is 1. The molecule has 23 heavy (non-hydrogen) atoms. The number of hydrogen-bond donors (Lipinski definition) is 0. The molecule has 5 rings (SSSR count). The quantitative estimate of drug-likeness (QED) is 0.457. The third-order valence-electron chi connectivity index (χ3n) is 3.72. The number of fused-ring (bicyclic) bond motifs is 4. The number of para-hydroxylation sites is 1. The standard InChI is InChI=1S/C17H10N4OS/c1-2-7-13-12(6-1)14-15(22-13)16(20-10-19-14)23-17-18-9-11-5-3-4-8-21(11)17/h1-10H. The van der Waals surface area contributed by atoms with Gasteiger partial charge in [-0.1, -0.05) is 18.2 Å². The highest BCUT2D eigenvalue weighted by Crippen LogP contribution is 2.35. The lowest BCUT2D eigenvalue weighted by molar-refractivity contribution is 0.653. The van der Waals surface area contributed by atoms with E-state index in [0.717, 1.165) is 32.2 Å². The number of rotatable bonds is 2. The minimum absolute atomic E-state index is 0.700. The first-order valence-electron chi connectivity index (χ1n) is 7.12. The van der Waals surface area contributed by atoms with Crippen LogP contribution in [0, 0.1) is 0 Å². The van der Waals surface area contributed by atoms with Crippen LogP contribution in [0.15, 0.2) is 75.8 Å². The molecule has 0 aliphatic rings. The third-order valence-corrected chi connectivity index (χ3v) is 4.69. The van der Waals surface area contributed by atoms with Gasteiger partial charge in [0.25, 0.3) is 0 Å². The Morgan fingerprint density at radius 2 is 1.87 bits per heavy atom. The van der Waals surface area contributed by atoms with Crippen LogP contribution in [0.25, 0.3) is 27.6 Å². The van der Waals surface area contributed by atoms with Gasteiger partial charge in [0.05, 0.1) is 11.7 Å². The molecule has 0 amide bonds. The molecule has 0 atom stereocenters. The van der Waals surface area contributed by atoms with Gasteiger partial charge >= 0.3 is 0 Å². The van der Waals surface area contributed by atoms with Gasteiger partial charge in [0, 0.05) is 11.6 Å². The Labute approximate surface area is 135 Å². The van der Waals surface area contributed by atoms with E-state index in [9.17, 15) is 0 Å². The summed E-state index contributed by atoms with van der Waals surface area (Å²) >= 11 is 1.48. The predicted octanol–water partition coefficient (Wildman–Crippen LogP) is 4.17. The van der Waals surface area contributed by atoms with Crippen LogP contribution in [0.3, 0.4) is 0 Å². The summed E-state index contributed by atoms with van der Waals surface area (Å²) in [6, 6.07) is 13.9. The fourth-order valence-electron chi connectivity index (χ4n) is 2.66. The van der Waals surface area contributed by atoms with Gasteiger partial charge in [-0.15, -0.1) is 0 Å². The Kier molecular flexibility index (Phi) is 2.65. The Bertz CT molecular complexity index is 1160. The van der Waals surface area contributed by atoms with E-state index in [1.54, 1.807) is 6.33 Å². The van der Waals surface area contributed by atoms with Crippen molar-refractivity contribution < 1.29 is 4.42 Å². The van der Waals surface area contributed by atoms with Crippen LogP contribution >= 0.6 is 11.8 Å². The van der Waals surface area contributed by atoms with Crippen LogP contribution in [0.4, 0.5) is 0 Å². The van der Waals surface area contributed by atoms with Crippen molar-refractivity contribution in [2.45, 2.75) is 10.2 Å². The second-order valence-corrected chi connectivity index (χ2v) is 6.05. The van der Waals surface area contributed by atoms with E-state index in [2.05, 4.69) is 15.0 Å². The molecule has 0 bridgehead atoms. The number of nitrogens with zero attached hydrogens (tertiary/aromatic N) is 4. The van der Waals surface area contributed by atoms with Crippen LogP contribution in [0.2, 0.25) is 0 Å². The summed E-state index contributed by atoms with van der Waals surface area (Å²) in [6.45, 7) is 0. The van der Waals surface area contributed by atoms with E-state index in [1.165, 1.54) is 11.8 Å². The van der Waals surface area contributed by atoms with Gasteiger partial charge < -0.3 is 4.42 Å². The fourth-order valence-corrected chi connectivity index (χ4v) is 3.53. The lowest BCUT2D eigenvalue weighted by atomic mass is 10.2. The molecule has 0 fully saturated rings. The Balaban J connectivity index is 1.71. The lowest BCUT2D eigenvalue weighted by Crippen LogP contribution is -1.88. The van der Waals surface area contributed by atoms with Crippen LogP contribution < -0.4 is 0 Å². The summed E-state index contributed by atoms with van der Waals surface area (Å²) < 4.78 is 7.99. The summed E-state index contributed by atoms with van der Waals surface area (Å²) in [5.41, 5.74) is 3.40. The molecule has 0 unspecified atom stereocenters. The van der Waals surface area contributed by atoms with Crippen molar-refractivity contribution in [3.63, 3.8) is 0 Å². The molecule has 1 aromatic carbocycles. The molecule has 4 heterocycles. The van der Waals surface area contributed by atoms with Crippen molar-refractivity contribution in [1.29, 1.82) is 0 Å². The zero-order valence-electron chi connectivity index (χ0n) is 11.9. The first kappa shape index (κ1) is 12.7. The molecule has 0 saturated heterocycles. The monoisotopic (exact) mass is 318 g/mol. The average molecular weight is 318 g/mol. The summed E-state index contributed by atoms with van der Waals surface area (Å²) in [5.74, 6) is 0. The van der Waals surface area contributed by atoms with Crippen LogP contribution in [0.1, 0.15) is 0 Å². The summed E-state index contributed by atoms with van der Waals surface area (Å²) in [6.07, 6.45) is 5.41. The topological polar surface area (TPSA) is 56.2 Å². The zero-order chi connectivity index (χ0) is 15.2. The van der Waals surface area contributed by atoms with E-state index < -0.39 is 0 Å². The second kappa shape index (κ2) is 4.82. The molecular formula is C17H10N4OS. The molecule has 0 spiro atoms. The molecule has 110 valence electrons. The van der Waals surface area contributed by atoms with Crippen LogP contribution in [-0.2, 0) is 0 Å². The normalized spacial score (nSPS) is 11.7. The number of furan rings is 1. The highest BCUT2D eigenvalue weighted by molar-refractivity contribution is 7.99. The first-order chi connectivity index (χ1) is 11.4. The molecular weight excluding hydrogens is 308 g/mol. The zero-order valence-corrected chi connectivity index (χ0v) is 12.7. The SMILES string of the molecule is c1ccc2c(c1)oc1c(Sc3ncc4ccccn34)ncnc12. The minimum atomic E-state index is 0.700. The molecule has 0 aliphatic carbocycles. The smallest absolute Gasteiger partial charge is 0.186 e. The summed E-state index contributed by atoms with van der Waals surface area (Å²) in [4.78, 5) is 13.2. The van der Waals surface area contributed by atoms with E-state index in [4.69, 9.17) is 4.42 Å². The molecule has 0 radical (unpaired) electrons. The van der Waals surface area contributed by atoms with Gasteiger partial charge in [-0.25, -0.2) is 15.0 Å². The van der Waals surface area contributed by atoms with Crippen molar-refractivity contribution in [1.82, 2.24) is 19.4 Å². The van der Waals surface area contributed by atoms with Crippen LogP contribution in [0.5, 0.6) is 0 Å². The van der Waals surface area contributed by atoms with Crippen molar-refractivity contribution in [2.75, 3.05) is 0 Å². The predicted molar refractivity (Wildman–Crippen MR) is 88.6 cm³/mol. The van der Waals surface area contributed by atoms with Gasteiger partial charge in [-0.05, 0) is 36.0 Å².